The van der Waals surface area contributed by atoms with Crippen LogP contribution in [0.25, 0.3) is 6.08 Å². The van der Waals surface area contributed by atoms with E-state index in [1.807, 2.05) is 0 Å². The van der Waals surface area contributed by atoms with Crippen molar-refractivity contribution in [3.8, 4) is 0 Å². The molecule has 1 aromatic carbocycles. The van der Waals surface area contributed by atoms with E-state index in [2.05, 4.69) is 53.1 Å². The molecule has 106 valence electrons. The lowest BCUT2D eigenvalue weighted by Crippen LogP contribution is -2.33. The lowest BCUT2D eigenvalue weighted by molar-refractivity contribution is 0.358. The van der Waals surface area contributed by atoms with Crippen molar-refractivity contribution in [1.29, 1.82) is 0 Å². The maximum atomic E-state index is 3.56. The van der Waals surface area contributed by atoms with Gasteiger partial charge >= 0.3 is 0 Å². The van der Waals surface area contributed by atoms with Gasteiger partial charge in [-0.15, -0.1) is 12.4 Å². The van der Waals surface area contributed by atoms with Crippen molar-refractivity contribution in [2.24, 2.45) is 5.92 Å². The van der Waals surface area contributed by atoms with Crippen molar-refractivity contribution in [2.75, 3.05) is 26.2 Å². The summed E-state index contributed by atoms with van der Waals surface area (Å²) in [6.45, 7) is 4.66. The minimum Gasteiger partial charge on any atom is -0.317 e. The summed E-state index contributed by atoms with van der Waals surface area (Å²) in [5.41, 5.74) is 1.29. The highest BCUT2D eigenvalue weighted by Gasteiger charge is 2.11. The molecule has 0 bridgehead atoms. The summed E-state index contributed by atoms with van der Waals surface area (Å²) in [6.07, 6.45) is 8.22. The minimum atomic E-state index is 0. The molecular formula is C16H25ClN2. The van der Waals surface area contributed by atoms with Crippen LogP contribution in [0.3, 0.4) is 0 Å². The normalized spacial score (nSPS) is 16.4. The van der Waals surface area contributed by atoms with Gasteiger partial charge in [0.2, 0.25) is 0 Å². The molecule has 1 aliphatic heterocycles. The highest BCUT2D eigenvalue weighted by Crippen LogP contribution is 2.09. The fourth-order valence-corrected chi connectivity index (χ4v) is 2.36. The molecule has 1 heterocycles. The average molecular weight is 281 g/mol. The maximum Gasteiger partial charge on any atom is -0.00140 e. The Labute approximate surface area is 123 Å². The average Bonchev–Trinajstić information content (AvgIpc) is 2.45. The Morgan fingerprint density at radius 3 is 2.63 bits per heavy atom. The second kappa shape index (κ2) is 10.0. The molecule has 0 amide bonds. The second-order valence-electron chi connectivity index (χ2n) is 5.00. The van der Waals surface area contributed by atoms with Gasteiger partial charge in [-0.1, -0.05) is 42.5 Å². The number of rotatable bonds is 6. The molecule has 0 spiro atoms. The first kappa shape index (κ1) is 16.2. The van der Waals surface area contributed by atoms with Crippen molar-refractivity contribution < 1.29 is 0 Å². The SMILES string of the molecule is C(=C\c1ccccc1)/CCNCC1CCNCC1.Cl. The smallest absolute Gasteiger partial charge is 0.00140 e. The minimum absolute atomic E-state index is 0. The zero-order valence-corrected chi connectivity index (χ0v) is 12.3. The van der Waals surface area contributed by atoms with Gasteiger partial charge in [0.25, 0.3) is 0 Å². The van der Waals surface area contributed by atoms with Crippen molar-refractivity contribution in [3.05, 3.63) is 42.0 Å². The molecule has 1 aromatic rings. The van der Waals surface area contributed by atoms with E-state index in [0.717, 1.165) is 18.9 Å². The second-order valence-corrected chi connectivity index (χ2v) is 5.00. The number of benzene rings is 1. The predicted octanol–water partition coefficient (Wildman–Crippen LogP) is 3.10. The van der Waals surface area contributed by atoms with E-state index < -0.39 is 0 Å². The van der Waals surface area contributed by atoms with Crippen molar-refractivity contribution in [1.82, 2.24) is 10.6 Å². The summed E-state index contributed by atoms with van der Waals surface area (Å²) in [5, 5.41) is 6.97. The molecule has 1 saturated heterocycles. The van der Waals surface area contributed by atoms with E-state index in [4.69, 9.17) is 0 Å². The van der Waals surface area contributed by atoms with Crippen LogP contribution < -0.4 is 10.6 Å². The summed E-state index contributed by atoms with van der Waals surface area (Å²) >= 11 is 0. The summed E-state index contributed by atoms with van der Waals surface area (Å²) in [4.78, 5) is 0. The summed E-state index contributed by atoms with van der Waals surface area (Å²) < 4.78 is 0. The number of nitrogens with one attached hydrogen (secondary N) is 2. The van der Waals surface area contributed by atoms with E-state index >= 15 is 0 Å². The van der Waals surface area contributed by atoms with E-state index in [-0.39, 0.29) is 12.4 Å². The molecular weight excluding hydrogens is 256 g/mol. The molecule has 0 atom stereocenters. The van der Waals surface area contributed by atoms with Gasteiger partial charge in [-0.2, -0.15) is 0 Å². The molecule has 3 heteroatoms. The molecule has 19 heavy (non-hydrogen) atoms. The Morgan fingerprint density at radius 2 is 1.89 bits per heavy atom. The monoisotopic (exact) mass is 280 g/mol. The topological polar surface area (TPSA) is 24.1 Å². The van der Waals surface area contributed by atoms with E-state index in [0.29, 0.717) is 0 Å². The van der Waals surface area contributed by atoms with Gasteiger partial charge in [0.15, 0.2) is 0 Å². The van der Waals surface area contributed by atoms with Gasteiger partial charge in [-0.25, -0.2) is 0 Å². The fraction of sp³-hybridized carbons (Fsp3) is 0.500. The summed E-state index contributed by atoms with van der Waals surface area (Å²) in [7, 11) is 0. The van der Waals surface area contributed by atoms with Crippen LogP contribution in [-0.4, -0.2) is 26.2 Å². The number of piperidine rings is 1. The van der Waals surface area contributed by atoms with E-state index in [9.17, 15) is 0 Å². The van der Waals surface area contributed by atoms with Crippen LogP contribution in [0.15, 0.2) is 36.4 Å². The maximum absolute atomic E-state index is 3.56. The lowest BCUT2D eigenvalue weighted by Gasteiger charge is -2.22. The van der Waals surface area contributed by atoms with Crippen LogP contribution >= 0.6 is 12.4 Å². The van der Waals surface area contributed by atoms with Crippen LogP contribution in [0.2, 0.25) is 0 Å². The summed E-state index contributed by atoms with van der Waals surface area (Å²) in [5.74, 6) is 0.879. The van der Waals surface area contributed by atoms with Gasteiger partial charge in [0.05, 0.1) is 0 Å². The molecule has 2 nitrogen and oxygen atoms in total. The Kier molecular flexibility index (Phi) is 8.55. The zero-order chi connectivity index (χ0) is 12.5. The van der Waals surface area contributed by atoms with Gasteiger partial charge in [-0.05, 0) is 56.9 Å². The van der Waals surface area contributed by atoms with Crippen LogP contribution in [0.1, 0.15) is 24.8 Å². The third-order valence-corrected chi connectivity index (χ3v) is 3.49. The zero-order valence-electron chi connectivity index (χ0n) is 11.5. The van der Waals surface area contributed by atoms with E-state index in [1.54, 1.807) is 0 Å². The van der Waals surface area contributed by atoms with Crippen LogP contribution in [0.4, 0.5) is 0 Å². The Hall–Kier alpha value is -0.830. The highest BCUT2D eigenvalue weighted by molar-refractivity contribution is 5.85. The highest BCUT2D eigenvalue weighted by atomic mass is 35.5. The van der Waals surface area contributed by atoms with Crippen LogP contribution in [-0.2, 0) is 0 Å². The quantitative estimate of drug-likeness (QED) is 0.783. The van der Waals surface area contributed by atoms with Crippen molar-refractivity contribution >= 4 is 18.5 Å². The van der Waals surface area contributed by atoms with Crippen LogP contribution in [0, 0.1) is 5.92 Å². The number of hydrogen-bond donors (Lipinski definition) is 2. The van der Waals surface area contributed by atoms with Gasteiger partial charge in [0.1, 0.15) is 0 Å². The molecule has 0 aromatic heterocycles. The molecule has 0 aliphatic carbocycles. The third kappa shape index (κ3) is 6.76. The predicted molar refractivity (Wildman–Crippen MR) is 85.8 cm³/mol. The standard InChI is InChI=1S/C16H24N2.ClH/c1-2-6-15(7-3-1)8-4-5-11-18-14-16-9-12-17-13-10-16;/h1-4,6-8,16-18H,5,9-14H2;1H/b8-4+;. The van der Waals surface area contributed by atoms with E-state index in [1.165, 1.54) is 38.0 Å². The van der Waals surface area contributed by atoms with Crippen molar-refractivity contribution in [3.63, 3.8) is 0 Å². The van der Waals surface area contributed by atoms with Gasteiger partial charge in [0, 0.05) is 0 Å². The Morgan fingerprint density at radius 1 is 1.16 bits per heavy atom. The van der Waals surface area contributed by atoms with Crippen LogP contribution in [0.5, 0.6) is 0 Å². The lowest BCUT2D eigenvalue weighted by atomic mass is 9.98. The molecule has 0 saturated carbocycles. The third-order valence-electron chi connectivity index (χ3n) is 3.49. The Balaban J connectivity index is 0.00000180. The molecule has 0 unspecified atom stereocenters. The van der Waals surface area contributed by atoms with Gasteiger partial charge in [-0.3, -0.25) is 0 Å². The number of halogens is 1. The first-order chi connectivity index (χ1) is 8.95. The molecule has 0 radical (unpaired) electrons. The fourth-order valence-electron chi connectivity index (χ4n) is 2.36. The first-order valence-electron chi connectivity index (χ1n) is 7.08. The molecule has 2 rings (SSSR count). The first-order valence-corrected chi connectivity index (χ1v) is 7.08. The molecule has 2 N–H and O–H groups in total. The Bertz CT molecular complexity index is 345. The molecule has 1 aliphatic rings. The van der Waals surface area contributed by atoms with Crippen molar-refractivity contribution in [2.45, 2.75) is 19.3 Å². The van der Waals surface area contributed by atoms with Gasteiger partial charge < -0.3 is 10.6 Å². The molecule has 1 fully saturated rings. The summed E-state index contributed by atoms with van der Waals surface area (Å²) in [6, 6.07) is 10.5. The number of hydrogen-bond acceptors (Lipinski definition) is 2. The largest absolute Gasteiger partial charge is 0.317 e.